The molecule has 1 aliphatic rings. The fourth-order valence-electron chi connectivity index (χ4n) is 3.06. The minimum atomic E-state index is -3.79. The van der Waals surface area contributed by atoms with Gasteiger partial charge in [0.1, 0.15) is 16.4 Å². The number of aryl methyl sites for hydroxylation is 1. The fourth-order valence-corrected chi connectivity index (χ4v) is 4.65. The van der Waals surface area contributed by atoms with E-state index in [2.05, 4.69) is 5.32 Å². The number of ether oxygens (including phenoxy) is 3. The third-order valence-electron chi connectivity index (χ3n) is 4.79. The van der Waals surface area contributed by atoms with Crippen molar-refractivity contribution in [2.75, 3.05) is 38.7 Å². The van der Waals surface area contributed by atoms with Gasteiger partial charge in [0, 0.05) is 18.8 Å². The van der Waals surface area contributed by atoms with Gasteiger partial charge in [-0.1, -0.05) is 18.2 Å². The van der Waals surface area contributed by atoms with Crippen LogP contribution in [0, 0.1) is 6.92 Å². The van der Waals surface area contributed by atoms with E-state index in [0.717, 1.165) is 5.56 Å². The summed E-state index contributed by atoms with van der Waals surface area (Å²) in [5.41, 5.74) is 1.26. The molecule has 0 aliphatic carbocycles. The molecule has 0 saturated carbocycles. The molecule has 1 amide bonds. The highest BCUT2D eigenvalue weighted by Gasteiger charge is 2.30. The lowest BCUT2D eigenvalue weighted by molar-refractivity contribution is -0.122. The quantitative estimate of drug-likeness (QED) is 0.719. The first-order chi connectivity index (χ1) is 14.3. The molecular formula is C21H26N2O6S. The van der Waals surface area contributed by atoms with Crippen molar-refractivity contribution in [1.29, 1.82) is 0 Å². The minimum Gasteiger partial charge on any atom is -0.495 e. The topological polar surface area (TPSA) is 94.2 Å². The lowest BCUT2D eigenvalue weighted by Crippen LogP contribution is -2.40. The number of nitrogens with one attached hydrogen (secondary N) is 1. The number of anilines is 1. The first-order valence-electron chi connectivity index (χ1n) is 9.62. The zero-order chi connectivity index (χ0) is 21.7. The predicted molar refractivity (Wildman–Crippen MR) is 112 cm³/mol. The Bertz CT molecular complexity index is 1000. The first kappa shape index (κ1) is 22.1. The molecule has 0 aromatic heterocycles. The van der Waals surface area contributed by atoms with E-state index in [-0.39, 0.29) is 23.7 Å². The van der Waals surface area contributed by atoms with Crippen molar-refractivity contribution < 1.29 is 27.4 Å². The summed E-state index contributed by atoms with van der Waals surface area (Å²) in [6, 6.07) is 11.9. The number of para-hydroxylation sites is 1. The van der Waals surface area contributed by atoms with Gasteiger partial charge in [-0.05, 0) is 43.7 Å². The Labute approximate surface area is 176 Å². The maximum Gasteiger partial charge on any atom is 0.265 e. The van der Waals surface area contributed by atoms with Crippen molar-refractivity contribution >= 4 is 21.6 Å². The number of carbonyl (C=O) groups is 1. The van der Waals surface area contributed by atoms with Crippen LogP contribution in [0.15, 0.2) is 47.4 Å². The number of morpholine rings is 1. The van der Waals surface area contributed by atoms with Crippen LogP contribution in [0.2, 0.25) is 0 Å². The Hall–Kier alpha value is -2.62. The van der Waals surface area contributed by atoms with Gasteiger partial charge in [-0.25, -0.2) is 8.42 Å². The number of amides is 1. The van der Waals surface area contributed by atoms with E-state index in [0.29, 0.717) is 24.7 Å². The summed E-state index contributed by atoms with van der Waals surface area (Å²) in [5, 5.41) is 2.72. The van der Waals surface area contributed by atoms with Crippen molar-refractivity contribution in [2.24, 2.45) is 0 Å². The highest BCUT2D eigenvalue weighted by atomic mass is 32.2. The number of benzene rings is 2. The summed E-state index contributed by atoms with van der Waals surface area (Å²) < 4.78 is 43.7. The zero-order valence-corrected chi connectivity index (χ0v) is 18.1. The highest BCUT2D eigenvalue weighted by molar-refractivity contribution is 7.89. The molecule has 1 unspecified atom stereocenters. The third kappa shape index (κ3) is 4.92. The first-order valence-corrected chi connectivity index (χ1v) is 11.1. The molecule has 1 fully saturated rings. The van der Waals surface area contributed by atoms with Crippen molar-refractivity contribution in [1.82, 2.24) is 4.31 Å². The fraction of sp³-hybridized carbons (Fsp3) is 0.381. The molecule has 0 spiro atoms. The van der Waals surface area contributed by atoms with Crippen molar-refractivity contribution in [3.63, 3.8) is 0 Å². The van der Waals surface area contributed by atoms with E-state index >= 15 is 0 Å². The molecule has 8 nitrogen and oxygen atoms in total. The van der Waals surface area contributed by atoms with Crippen LogP contribution in [-0.4, -0.2) is 58.1 Å². The molecule has 0 bridgehead atoms. The second kappa shape index (κ2) is 9.46. The molecule has 1 aliphatic heterocycles. The van der Waals surface area contributed by atoms with E-state index < -0.39 is 22.0 Å². The maximum atomic E-state index is 13.1. The standard InChI is InChI=1S/C21H26N2O6S/c1-15-6-4-5-7-18(15)29-16(2)21(24)22-17-8-9-19(27-3)20(14-17)30(25,26)23-10-12-28-13-11-23/h4-9,14,16H,10-13H2,1-3H3,(H,22,24). The van der Waals surface area contributed by atoms with Crippen molar-refractivity contribution in [3.8, 4) is 11.5 Å². The summed E-state index contributed by atoms with van der Waals surface area (Å²) in [5.74, 6) is 0.437. The van der Waals surface area contributed by atoms with Crippen molar-refractivity contribution in [2.45, 2.75) is 24.8 Å². The monoisotopic (exact) mass is 434 g/mol. The van der Waals surface area contributed by atoms with Crippen LogP contribution in [0.1, 0.15) is 12.5 Å². The summed E-state index contributed by atoms with van der Waals surface area (Å²) >= 11 is 0. The zero-order valence-electron chi connectivity index (χ0n) is 17.3. The summed E-state index contributed by atoms with van der Waals surface area (Å²) in [7, 11) is -2.38. The number of carbonyl (C=O) groups excluding carboxylic acids is 1. The third-order valence-corrected chi connectivity index (χ3v) is 6.71. The molecule has 30 heavy (non-hydrogen) atoms. The molecule has 1 N–H and O–H groups in total. The predicted octanol–water partition coefficient (Wildman–Crippen LogP) is 2.43. The average molecular weight is 435 g/mol. The Morgan fingerprint density at radius 2 is 1.83 bits per heavy atom. The van der Waals surface area contributed by atoms with Gasteiger partial charge in [0.15, 0.2) is 6.10 Å². The van der Waals surface area contributed by atoms with Crippen LogP contribution in [0.4, 0.5) is 5.69 Å². The normalized spacial score (nSPS) is 16.0. The van der Waals surface area contributed by atoms with E-state index in [4.69, 9.17) is 14.2 Å². The molecule has 162 valence electrons. The van der Waals surface area contributed by atoms with Crippen LogP contribution in [0.5, 0.6) is 11.5 Å². The van der Waals surface area contributed by atoms with E-state index in [1.54, 1.807) is 19.1 Å². The van der Waals surface area contributed by atoms with Crippen LogP contribution in [0.25, 0.3) is 0 Å². The smallest absolute Gasteiger partial charge is 0.265 e. The molecule has 1 heterocycles. The summed E-state index contributed by atoms with van der Waals surface area (Å²) in [6.07, 6.45) is -0.771. The Morgan fingerprint density at radius 3 is 2.50 bits per heavy atom. The minimum absolute atomic E-state index is 0.00262. The maximum absolute atomic E-state index is 13.1. The van der Waals surface area contributed by atoms with Crippen LogP contribution in [-0.2, 0) is 19.6 Å². The number of sulfonamides is 1. The molecule has 2 aromatic rings. The van der Waals surface area contributed by atoms with Gasteiger partial charge in [0.25, 0.3) is 5.91 Å². The SMILES string of the molecule is COc1ccc(NC(=O)C(C)Oc2ccccc2C)cc1S(=O)(=O)N1CCOCC1. The number of hydrogen-bond donors (Lipinski definition) is 1. The number of methoxy groups -OCH3 is 1. The van der Waals surface area contributed by atoms with Gasteiger partial charge in [0.05, 0.1) is 20.3 Å². The van der Waals surface area contributed by atoms with E-state index in [9.17, 15) is 13.2 Å². The molecule has 0 radical (unpaired) electrons. The second-order valence-corrected chi connectivity index (χ2v) is 8.80. The molecule has 2 aromatic carbocycles. The highest BCUT2D eigenvalue weighted by Crippen LogP contribution is 2.30. The summed E-state index contributed by atoms with van der Waals surface area (Å²) in [4.78, 5) is 12.6. The molecular weight excluding hydrogens is 408 g/mol. The average Bonchev–Trinajstić information content (AvgIpc) is 2.75. The van der Waals surface area contributed by atoms with Gasteiger partial charge in [-0.2, -0.15) is 4.31 Å². The van der Waals surface area contributed by atoms with Crippen LogP contribution in [0.3, 0.4) is 0 Å². The van der Waals surface area contributed by atoms with Gasteiger partial charge in [-0.15, -0.1) is 0 Å². The van der Waals surface area contributed by atoms with Gasteiger partial charge < -0.3 is 19.5 Å². The van der Waals surface area contributed by atoms with Gasteiger partial charge in [0.2, 0.25) is 10.0 Å². The Kier molecular flexibility index (Phi) is 6.96. The summed E-state index contributed by atoms with van der Waals surface area (Å²) in [6.45, 7) is 4.74. The number of rotatable bonds is 7. The molecule has 9 heteroatoms. The number of hydrogen-bond acceptors (Lipinski definition) is 6. The Morgan fingerprint density at radius 1 is 1.13 bits per heavy atom. The molecule has 1 atom stereocenters. The molecule has 1 saturated heterocycles. The molecule has 3 rings (SSSR count). The van der Waals surface area contributed by atoms with Crippen LogP contribution < -0.4 is 14.8 Å². The van der Waals surface area contributed by atoms with Crippen molar-refractivity contribution in [3.05, 3.63) is 48.0 Å². The van der Waals surface area contributed by atoms with Gasteiger partial charge >= 0.3 is 0 Å². The Balaban J connectivity index is 1.79. The van der Waals surface area contributed by atoms with E-state index in [1.165, 1.54) is 23.5 Å². The van der Waals surface area contributed by atoms with E-state index in [1.807, 2.05) is 25.1 Å². The largest absolute Gasteiger partial charge is 0.495 e. The van der Waals surface area contributed by atoms with Crippen LogP contribution >= 0.6 is 0 Å². The van der Waals surface area contributed by atoms with Gasteiger partial charge in [-0.3, -0.25) is 4.79 Å². The second-order valence-electron chi connectivity index (χ2n) is 6.90. The lowest BCUT2D eigenvalue weighted by atomic mass is 10.2. The number of nitrogens with zero attached hydrogens (tertiary/aromatic N) is 1. The lowest BCUT2D eigenvalue weighted by Gasteiger charge is -2.27.